The lowest BCUT2D eigenvalue weighted by atomic mass is 10.1. The number of methoxy groups -OCH3 is 1. The molecular formula is C24H33Cl2N3O. The summed E-state index contributed by atoms with van der Waals surface area (Å²) in [6, 6.07) is 14.4. The molecule has 0 saturated heterocycles. The third kappa shape index (κ3) is 6.37. The van der Waals surface area contributed by atoms with Gasteiger partial charge in [0.05, 0.1) is 23.8 Å². The van der Waals surface area contributed by atoms with E-state index in [1.165, 1.54) is 19.3 Å². The van der Waals surface area contributed by atoms with Crippen molar-refractivity contribution in [2.75, 3.05) is 44.5 Å². The number of nitrogens with one attached hydrogen (secondary N) is 1. The van der Waals surface area contributed by atoms with Crippen LogP contribution in [0.25, 0.3) is 21.8 Å². The van der Waals surface area contributed by atoms with Crippen molar-refractivity contribution in [2.45, 2.75) is 32.6 Å². The van der Waals surface area contributed by atoms with Crippen molar-refractivity contribution < 1.29 is 4.74 Å². The van der Waals surface area contributed by atoms with Gasteiger partial charge in [0, 0.05) is 29.7 Å². The minimum atomic E-state index is 0. The SMILES string of the molecule is CCN(CCCl)CCCCCCNc1c2ccccc2nc2ccc(OC)cc12.Cl. The molecule has 0 aliphatic carbocycles. The summed E-state index contributed by atoms with van der Waals surface area (Å²) in [6.45, 7) is 6.38. The number of pyridine rings is 1. The Balaban J connectivity index is 0.00000320. The van der Waals surface area contributed by atoms with Crippen molar-refractivity contribution in [3.63, 3.8) is 0 Å². The number of ether oxygens (including phenoxy) is 1. The van der Waals surface area contributed by atoms with E-state index in [-0.39, 0.29) is 12.4 Å². The minimum Gasteiger partial charge on any atom is -0.497 e. The highest BCUT2D eigenvalue weighted by molar-refractivity contribution is 6.18. The van der Waals surface area contributed by atoms with E-state index in [2.05, 4.69) is 41.4 Å². The monoisotopic (exact) mass is 449 g/mol. The van der Waals surface area contributed by atoms with E-state index in [0.717, 1.165) is 71.7 Å². The van der Waals surface area contributed by atoms with Crippen molar-refractivity contribution in [1.82, 2.24) is 9.88 Å². The first-order valence-electron chi connectivity index (χ1n) is 10.7. The molecule has 1 aromatic heterocycles. The number of benzene rings is 2. The number of anilines is 1. The van der Waals surface area contributed by atoms with E-state index in [1.807, 2.05) is 18.2 Å². The zero-order chi connectivity index (χ0) is 20.5. The van der Waals surface area contributed by atoms with Crippen LogP contribution < -0.4 is 10.1 Å². The van der Waals surface area contributed by atoms with Gasteiger partial charge in [0.1, 0.15) is 5.75 Å². The molecule has 0 atom stereocenters. The van der Waals surface area contributed by atoms with Crippen LogP contribution >= 0.6 is 24.0 Å². The second kappa shape index (κ2) is 12.8. The third-order valence-electron chi connectivity index (χ3n) is 5.44. The zero-order valence-electron chi connectivity index (χ0n) is 18.0. The molecule has 0 bridgehead atoms. The topological polar surface area (TPSA) is 37.4 Å². The number of hydrogen-bond acceptors (Lipinski definition) is 4. The van der Waals surface area contributed by atoms with Crippen LogP contribution in [-0.4, -0.2) is 49.1 Å². The molecule has 0 fully saturated rings. The molecular weight excluding hydrogens is 417 g/mol. The molecule has 4 nitrogen and oxygen atoms in total. The number of aromatic nitrogens is 1. The molecule has 1 heterocycles. The lowest BCUT2D eigenvalue weighted by Crippen LogP contribution is -2.26. The van der Waals surface area contributed by atoms with Gasteiger partial charge >= 0.3 is 0 Å². The molecule has 1 N–H and O–H groups in total. The molecule has 0 unspecified atom stereocenters. The normalized spacial score (nSPS) is 11.1. The smallest absolute Gasteiger partial charge is 0.119 e. The average molecular weight is 450 g/mol. The number of halogens is 2. The van der Waals surface area contributed by atoms with Gasteiger partial charge in [-0.1, -0.05) is 38.0 Å². The fourth-order valence-corrected chi connectivity index (χ4v) is 4.00. The Morgan fingerprint density at radius 1 is 0.967 bits per heavy atom. The first kappa shape index (κ1) is 24.5. The first-order chi connectivity index (χ1) is 14.3. The van der Waals surface area contributed by atoms with Crippen molar-refractivity contribution >= 4 is 51.5 Å². The fourth-order valence-electron chi connectivity index (χ4n) is 3.76. The molecule has 164 valence electrons. The summed E-state index contributed by atoms with van der Waals surface area (Å²) >= 11 is 5.85. The highest BCUT2D eigenvalue weighted by Gasteiger charge is 2.10. The van der Waals surface area contributed by atoms with Gasteiger partial charge < -0.3 is 15.0 Å². The molecule has 0 saturated carbocycles. The van der Waals surface area contributed by atoms with Gasteiger partial charge in [-0.2, -0.15) is 0 Å². The van der Waals surface area contributed by atoms with E-state index in [1.54, 1.807) is 7.11 Å². The van der Waals surface area contributed by atoms with Gasteiger partial charge in [0.15, 0.2) is 0 Å². The molecule has 3 aromatic rings. The molecule has 0 radical (unpaired) electrons. The predicted molar refractivity (Wildman–Crippen MR) is 133 cm³/mol. The third-order valence-corrected chi connectivity index (χ3v) is 5.61. The highest BCUT2D eigenvalue weighted by atomic mass is 35.5. The van der Waals surface area contributed by atoms with Gasteiger partial charge in [0.2, 0.25) is 0 Å². The van der Waals surface area contributed by atoms with Gasteiger partial charge in [-0.15, -0.1) is 24.0 Å². The Kier molecular flexibility index (Phi) is 10.5. The van der Waals surface area contributed by atoms with Crippen LogP contribution in [0.4, 0.5) is 5.69 Å². The Hall–Kier alpha value is -1.75. The van der Waals surface area contributed by atoms with E-state index in [9.17, 15) is 0 Å². The summed E-state index contributed by atoms with van der Waals surface area (Å²) in [5.74, 6) is 1.58. The van der Waals surface area contributed by atoms with E-state index >= 15 is 0 Å². The van der Waals surface area contributed by atoms with Crippen LogP contribution in [0.3, 0.4) is 0 Å². The zero-order valence-corrected chi connectivity index (χ0v) is 19.6. The quantitative estimate of drug-likeness (QED) is 0.198. The Morgan fingerprint density at radius 2 is 1.73 bits per heavy atom. The van der Waals surface area contributed by atoms with Gasteiger partial charge in [-0.25, -0.2) is 4.98 Å². The first-order valence-corrected chi connectivity index (χ1v) is 11.2. The van der Waals surface area contributed by atoms with E-state index in [4.69, 9.17) is 21.3 Å². The van der Waals surface area contributed by atoms with Crippen LogP contribution in [0.1, 0.15) is 32.6 Å². The molecule has 30 heavy (non-hydrogen) atoms. The lowest BCUT2D eigenvalue weighted by Gasteiger charge is -2.18. The van der Waals surface area contributed by atoms with Gasteiger partial charge in [-0.3, -0.25) is 0 Å². The molecule has 3 rings (SSSR count). The van der Waals surface area contributed by atoms with Crippen molar-refractivity contribution in [3.8, 4) is 5.75 Å². The molecule has 0 aliphatic heterocycles. The minimum absolute atomic E-state index is 0. The maximum atomic E-state index is 5.85. The second-order valence-electron chi connectivity index (χ2n) is 7.35. The largest absolute Gasteiger partial charge is 0.497 e. The van der Waals surface area contributed by atoms with Crippen LogP contribution in [-0.2, 0) is 0 Å². The number of rotatable bonds is 12. The molecule has 2 aromatic carbocycles. The average Bonchev–Trinajstić information content (AvgIpc) is 2.76. The van der Waals surface area contributed by atoms with E-state index in [0.29, 0.717) is 0 Å². The van der Waals surface area contributed by atoms with Crippen LogP contribution in [0.15, 0.2) is 42.5 Å². The van der Waals surface area contributed by atoms with Gasteiger partial charge in [-0.05, 0) is 50.2 Å². The number of para-hydroxylation sites is 1. The molecule has 0 amide bonds. The summed E-state index contributed by atoms with van der Waals surface area (Å²) in [5.41, 5.74) is 3.17. The van der Waals surface area contributed by atoms with Crippen LogP contribution in [0, 0.1) is 0 Å². The molecule has 6 heteroatoms. The fraction of sp³-hybridized carbons (Fsp3) is 0.458. The van der Waals surface area contributed by atoms with Crippen molar-refractivity contribution in [1.29, 1.82) is 0 Å². The molecule has 0 spiro atoms. The van der Waals surface area contributed by atoms with Crippen LogP contribution in [0.2, 0.25) is 0 Å². The Bertz CT molecular complexity index is 919. The second-order valence-corrected chi connectivity index (χ2v) is 7.73. The van der Waals surface area contributed by atoms with Crippen LogP contribution in [0.5, 0.6) is 5.75 Å². The maximum absolute atomic E-state index is 5.85. The number of unbranched alkanes of at least 4 members (excludes halogenated alkanes) is 3. The lowest BCUT2D eigenvalue weighted by molar-refractivity contribution is 0.297. The van der Waals surface area contributed by atoms with Gasteiger partial charge in [0.25, 0.3) is 0 Å². The summed E-state index contributed by atoms with van der Waals surface area (Å²) in [6.07, 6.45) is 4.88. The summed E-state index contributed by atoms with van der Waals surface area (Å²) in [7, 11) is 1.70. The number of alkyl halides is 1. The highest BCUT2D eigenvalue weighted by Crippen LogP contribution is 2.33. The van der Waals surface area contributed by atoms with E-state index < -0.39 is 0 Å². The Labute approximate surface area is 191 Å². The number of hydrogen-bond donors (Lipinski definition) is 1. The van der Waals surface area contributed by atoms with Crippen molar-refractivity contribution in [2.24, 2.45) is 0 Å². The van der Waals surface area contributed by atoms with Crippen molar-refractivity contribution in [3.05, 3.63) is 42.5 Å². The number of nitrogens with zero attached hydrogens (tertiary/aromatic N) is 2. The standard InChI is InChI=1S/C24H32ClN3O.ClH/c1-3-28(17-14-25)16-9-5-4-8-15-26-24-20-10-6-7-11-22(20)27-23-13-12-19(29-2)18-21(23)24;/h6-7,10-13,18H,3-5,8-9,14-17H2,1-2H3,(H,26,27);1H. The predicted octanol–water partition coefficient (Wildman–Crippen LogP) is 6.35. The summed E-state index contributed by atoms with van der Waals surface area (Å²) < 4.78 is 5.44. The Morgan fingerprint density at radius 3 is 2.50 bits per heavy atom. The summed E-state index contributed by atoms with van der Waals surface area (Å²) in [5, 5.41) is 5.96. The number of fused-ring (bicyclic) bond motifs is 2. The maximum Gasteiger partial charge on any atom is 0.119 e. The summed E-state index contributed by atoms with van der Waals surface area (Å²) in [4.78, 5) is 7.24. The molecule has 0 aliphatic rings.